The number of nitrogens with zero attached hydrogens (tertiary/aromatic N) is 2. The van der Waals surface area contributed by atoms with E-state index in [-0.39, 0.29) is 6.54 Å². The smallest absolute Gasteiger partial charge is 0.323 e. The Balaban J connectivity index is 1.85. The quantitative estimate of drug-likeness (QED) is 0.394. The molecule has 0 radical (unpaired) electrons. The third kappa shape index (κ3) is 4.34. The number of amides is 1. The second-order valence-electron chi connectivity index (χ2n) is 6.95. The lowest BCUT2D eigenvalue weighted by Gasteiger charge is -2.13. The van der Waals surface area contributed by atoms with Crippen LogP contribution in [0.4, 0.5) is 5.69 Å². The second-order valence-corrected chi connectivity index (χ2v) is 9.34. The van der Waals surface area contributed by atoms with Gasteiger partial charge in [0.15, 0.2) is 0 Å². The van der Waals surface area contributed by atoms with E-state index in [1.807, 2.05) is 6.92 Å². The minimum Gasteiger partial charge on any atom is -0.323 e. The van der Waals surface area contributed by atoms with Gasteiger partial charge in [-0.05, 0) is 48.9 Å². The molecular formula is C22H16Cl3N3O3S. The van der Waals surface area contributed by atoms with Gasteiger partial charge in [0, 0.05) is 14.9 Å². The zero-order chi connectivity index (χ0) is 23.0. The summed E-state index contributed by atoms with van der Waals surface area (Å²) in [6, 6.07) is 12.9. The molecule has 0 spiro atoms. The number of anilines is 1. The number of aromatic nitrogens is 2. The van der Waals surface area contributed by atoms with Crippen LogP contribution in [0.1, 0.15) is 11.8 Å². The molecule has 1 amide bonds. The number of halogens is 3. The summed E-state index contributed by atoms with van der Waals surface area (Å²) in [6.45, 7) is 1.64. The van der Waals surface area contributed by atoms with Crippen LogP contribution in [0.3, 0.4) is 0 Å². The fourth-order valence-electron chi connectivity index (χ4n) is 3.28. The summed E-state index contributed by atoms with van der Waals surface area (Å²) in [5, 5.41) is 4.14. The van der Waals surface area contributed by atoms with Gasteiger partial charge >= 0.3 is 5.69 Å². The Kier molecular flexibility index (Phi) is 6.44. The highest BCUT2D eigenvalue weighted by molar-refractivity contribution is 7.18. The van der Waals surface area contributed by atoms with Crippen molar-refractivity contribution in [3.8, 4) is 5.69 Å². The molecule has 164 valence electrons. The van der Waals surface area contributed by atoms with Crippen LogP contribution in [-0.2, 0) is 17.8 Å². The number of benzene rings is 2. The van der Waals surface area contributed by atoms with Gasteiger partial charge in [-0.1, -0.05) is 47.8 Å². The van der Waals surface area contributed by atoms with Crippen molar-refractivity contribution < 1.29 is 4.79 Å². The fraction of sp³-hybridized carbons (Fsp3) is 0.136. The molecule has 0 fully saturated rings. The van der Waals surface area contributed by atoms with Gasteiger partial charge in [-0.3, -0.25) is 14.2 Å². The van der Waals surface area contributed by atoms with Gasteiger partial charge in [0.2, 0.25) is 5.91 Å². The molecule has 0 atom stereocenters. The lowest BCUT2D eigenvalue weighted by atomic mass is 10.3. The van der Waals surface area contributed by atoms with Crippen LogP contribution in [0.5, 0.6) is 0 Å². The molecule has 0 saturated heterocycles. The van der Waals surface area contributed by atoms with Crippen LogP contribution in [0.2, 0.25) is 15.1 Å². The SMILES string of the molecule is CCc1cc2c(=O)n(-c3cccc(Cl)c3)c(=O)n(CC(=O)Nc3cc(Cl)ccc3Cl)c2s1. The highest BCUT2D eigenvalue weighted by Crippen LogP contribution is 2.26. The highest BCUT2D eigenvalue weighted by atomic mass is 35.5. The molecule has 4 aromatic rings. The van der Waals surface area contributed by atoms with Gasteiger partial charge in [0.05, 0.1) is 21.8 Å². The van der Waals surface area contributed by atoms with E-state index in [0.717, 1.165) is 9.44 Å². The Morgan fingerprint density at radius 2 is 1.78 bits per heavy atom. The molecule has 1 N–H and O–H groups in total. The summed E-state index contributed by atoms with van der Waals surface area (Å²) in [4.78, 5) is 40.8. The van der Waals surface area contributed by atoms with Crippen molar-refractivity contribution in [2.75, 3.05) is 5.32 Å². The van der Waals surface area contributed by atoms with E-state index in [4.69, 9.17) is 34.8 Å². The van der Waals surface area contributed by atoms with Crippen LogP contribution in [0.15, 0.2) is 58.1 Å². The van der Waals surface area contributed by atoms with Gasteiger partial charge in [-0.25, -0.2) is 9.36 Å². The molecule has 10 heteroatoms. The zero-order valence-corrected chi connectivity index (χ0v) is 19.8. The lowest BCUT2D eigenvalue weighted by Crippen LogP contribution is -2.40. The first-order chi connectivity index (χ1) is 15.3. The third-order valence-corrected chi connectivity index (χ3v) is 6.89. The zero-order valence-electron chi connectivity index (χ0n) is 16.7. The topological polar surface area (TPSA) is 73.1 Å². The summed E-state index contributed by atoms with van der Waals surface area (Å²) < 4.78 is 2.31. The van der Waals surface area contributed by atoms with Crippen molar-refractivity contribution in [2.45, 2.75) is 19.9 Å². The number of carbonyl (C=O) groups is 1. The van der Waals surface area contributed by atoms with Gasteiger partial charge in [-0.2, -0.15) is 0 Å². The van der Waals surface area contributed by atoms with E-state index in [9.17, 15) is 14.4 Å². The van der Waals surface area contributed by atoms with E-state index >= 15 is 0 Å². The largest absolute Gasteiger partial charge is 0.337 e. The van der Waals surface area contributed by atoms with Crippen molar-refractivity contribution in [3.63, 3.8) is 0 Å². The van der Waals surface area contributed by atoms with Crippen LogP contribution >= 0.6 is 46.1 Å². The van der Waals surface area contributed by atoms with Crippen LogP contribution < -0.4 is 16.6 Å². The van der Waals surface area contributed by atoms with Crippen molar-refractivity contribution in [2.24, 2.45) is 0 Å². The fourth-order valence-corrected chi connectivity index (χ4v) is 4.88. The first-order valence-corrected chi connectivity index (χ1v) is 11.5. The molecule has 0 bridgehead atoms. The van der Waals surface area contributed by atoms with E-state index in [2.05, 4.69) is 5.32 Å². The van der Waals surface area contributed by atoms with Crippen molar-refractivity contribution in [1.82, 2.24) is 9.13 Å². The number of fused-ring (bicyclic) bond motifs is 1. The minimum atomic E-state index is -0.637. The van der Waals surface area contributed by atoms with Crippen molar-refractivity contribution >= 4 is 68.0 Å². The maximum Gasteiger partial charge on any atom is 0.337 e. The number of carbonyl (C=O) groups excluding carboxylic acids is 1. The maximum absolute atomic E-state index is 13.4. The Morgan fingerprint density at radius 1 is 1.03 bits per heavy atom. The molecule has 2 aromatic carbocycles. The van der Waals surface area contributed by atoms with Gasteiger partial charge in [0.1, 0.15) is 11.4 Å². The molecule has 32 heavy (non-hydrogen) atoms. The normalized spacial score (nSPS) is 11.1. The van der Waals surface area contributed by atoms with Crippen LogP contribution in [0.25, 0.3) is 15.9 Å². The molecule has 0 aliphatic rings. The third-order valence-electron chi connectivity index (χ3n) is 4.78. The first-order valence-electron chi connectivity index (χ1n) is 9.57. The Labute approximate surface area is 201 Å². The molecule has 0 unspecified atom stereocenters. The van der Waals surface area contributed by atoms with E-state index in [1.54, 1.807) is 36.4 Å². The monoisotopic (exact) mass is 507 g/mol. The number of nitrogens with one attached hydrogen (secondary N) is 1. The summed E-state index contributed by atoms with van der Waals surface area (Å²) in [5.74, 6) is -0.486. The summed E-state index contributed by atoms with van der Waals surface area (Å²) in [7, 11) is 0. The average molecular weight is 509 g/mol. The molecule has 6 nitrogen and oxygen atoms in total. The number of thiophene rings is 1. The van der Waals surface area contributed by atoms with Gasteiger partial charge in [-0.15, -0.1) is 11.3 Å². The molecular weight excluding hydrogens is 493 g/mol. The number of hydrogen-bond acceptors (Lipinski definition) is 4. The maximum atomic E-state index is 13.4. The number of rotatable bonds is 5. The first kappa shape index (κ1) is 22.6. The summed E-state index contributed by atoms with van der Waals surface area (Å²) in [6.07, 6.45) is 0.689. The van der Waals surface area contributed by atoms with E-state index in [0.29, 0.717) is 43.1 Å². The van der Waals surface area contributed by atoms with Gasteiger partial charge in [0.25, 0.3) is 5.56 Å². The van der Waals surface area contributed by atoms with Crippen molar-refractivity contribution in [3.05, 3.63) is 89.3 Å². The summed E-state index contributed by atoms with van der Waals surface area (Å²) >= 11 is 19.5. The van der Waals surface area contributed by atoms with Crippen LogP contribution in [-0.4, -0.2) is 15.0 Å². The molecule has 4 rings (SSSR count). The van der Waals surface area contributed by atoms with E-state index in [1.165, 1.54) is 28.0 Å². The second kappa shape index (κ2) is 9.11. The predicted molar refractivity (Wildman–Crippen MR) is 131 cm³/mol. The molecule has 2 aromatic heterocycles. The summed E-state index contributed by atoms with van der Waals surface area (Å²) in [5.41, 5.74) is -0.442. The minimum absolute atomic E-state index is 0.313. The molecule has 0 aliphatic carbocycles. The highest BCUT2D eigenvalue weighted by Gasteiger charge is 2.19. The average Bonchev–Trinajstić information content (AvgIpc) is 3.19. The Bertz CT molecular complexity index is 1470. The lowest BCUT2D eigenvalue weighted by molar-refractivity contribution is -0.116. The predicted octanol–water partition coefficient (Wildman–Crippen LogP) is 5.38. The number of aryl methyl sites for hydroxylation is 1. The molecule has 2 heterocycles. The van der Waals surface area contributed by atoms with Crippen molar-refractivity contribution in [1.29, 1.82) is 0 Å². The van der Waals surface area contributed by atoms with E-state index < -0.39 is 17.2 Å². The standard InChI is InChI=1S/C22H16Cl3N3O3S/c1-2-15-10-16-20(30)28(14-5-3-4-12(23)8-14)22(31)27(21(16)32-15)11-19(29)26-18-9-13(24)6-7-17(18)25/h3-10H,2,11H2,1H3,(H,26,29). The van der Waals surface area contributed by atoms with Crippen LogP contribution in [0, 0.1) is 0 Å². The molecule has 0 saturated carbocycles. The Hall–Kier alpha value is -2.58. The van der Waals surface area contributed by atoms with Gasteiger partial charge < -0.3 is 5.32 Å². The number of hydrogen-bond donors (Lipinski definition) is 1. The molecule has 0 aliphatic heterocycles. The Morgan fingerprint density at radius 3 is 2.50 bits per heavy atom.